The lowest BCUT2D eigenvalue weighted by molar-refractivity contribution is 0.271. The smallest absolute Gasteiger partial charge is 0.142 e. The molecule has 76 valence electrons. The number of hydrogen-bond acceptors (Lipinski definition) is 1. The van der Waals surface area contributed by atoms with Crippen molar-refractivity contribution in [3.63, 3.8) is 0 Å². The van der Waals surface area contributed by atoms with E-state index in [1.165, 1.54) is 0 Å². The summed E-state index contributed by atoms with van der Waals surface area (Å²) < 4.78 is 14.0. The Hall–Kier alpha value is -0.600. The number of rotatable bonds is 2. The third-order valence-corrected chi connectivity index (χ3v) is 3.00. The van der Waals surface area contributed by atoms with Crippen molar-refractivity contribution in [1.29, 1.82) is 0 Å². The molecular weight excluding hydrogens is 201 g/mol. The van der Waals surface area contributed by atoms with Crippen LogP contribution in [0.3, 0.4) is 0 Å². The zero-order valence-corrected chi connectivity index (χ0v) is 8.60. The number of alkyl halides is 1. The molecule has 1 saturated heterocycles. The molecule has 0 amide bonds. The Balaban J connectivity index is 2.17. The van der Waals surface area contributed by atoms with E-state index in [0.29, 0.717) is 10.6 Å². The van der Waals surface area contributed by atoms with Crippen molar-refractivity contribution in [3.05, 3.63) is 34.9 Å². The molecule has 1 heterocycles. The Kier molecular flexibility index (Phi) is 3.04. The van der Waals surface area contributed by atoms with E-state index in [4.69, 9.17) is 11.6 Å². The van der Waals surface area contributed by atoms with Crippen molar-refractivity contribution in [2.45, 2.75) is 25.1 Å². The Morgan fingerprint density at radius 1 is 1.43 bits per heavy atom. The van der Waals surface area contributed by atoms with Gasteiger partial charge in [-0.2, -0.15) is 0 Å². The average molecular weight is 214 g/mol. The lowest BCUT2D eigenvalue weighted by Gasteiger charge is -2.17. The third kappa shape index (κ3) is 1.91. The van der Waals surface area contributed by atoms with E-state index < -0.39 is 6.17 Å². The van der Waals surface area contributed by atoms with Crippen LogP contribution in [0.4, 0.5) is 4.39 Å². The lowest BCUT2D eigenvalue weighted by atomic mass is 10.0. The summed E-state index contributed by atoms with van der Waals surface area (Å²) in [7, 11) is 0. The topological polar surface area (TPSA) is 12.0 Å². The van der Waals surface area contributed by atoms with Crippen LogP contribution in [0.2, 0.25) is 5.02 Å². The predicted octanol–water partition coefficient (Wildman–Crippen LogP) is 3.10. The van der Waals surface area contributed by atoms with Crippen molar-refractivity contribution in [2.24, 2.45) is 0 Å². The summed E-state index contributed by atoms with van der Waals surface area (Å²) in [6.45, 7) is 0.912. The molecule has 3 heteroatoms. The summed E-state index contributed by atoms with van der Waals surface area (Å²) in [6.07, 6.45) is 0.966. The Morgan fingerprint density at radius 3 is 2.86 bits per heavy atom. The first kappa shape index (κ1) is 9.94. The van der Waals surface area contributed by atoms with Crippen LogP contribution in [0, 0.1) is 0 Å². The molecule has 0 saturated carbocycles. The van der Waals surface area contributed by atoms with Gasteiger partial charge in [-0.3, -0.25) is 0 Å². The van der Waals surface area contributed by atoms with E-state index in [0.717, 1.165) is 19.4 Å². The molecule has 0 radical (unpaired) electrons. The summed E-state index contributed by atoms with van der Waals surface area (Å²) in [5, 5.41) is 3.67. The largest absolute Gasteiger partial charge is 0.311 e. The average Bonchev–Trinajstić information content (AvgIpc) is 2.70. The monoisotopic (exact) mass is 213 g/mol. The molecule has 1 nitrogen and oxygen atoms in total. The van der Waals surface area contributed by atoms with Crippen molar-refractivity contribution < 1.29 is 4.39 Å². The van der Waals surface area contributed by atoms with Gasteiger partial charge in [0.15, 0.2) is 0 Å². The van der Waals surface area contributed by atoms with Gasteiger partial charge in [-0.1, -0.05) is 29.8 Å². The molecule has 0 bridgehead atoms. The Labute approximate surface area is 88.3 Å². The van der Waals surface area contributed by atoms with Gasteiger partial charge in [0, 0.05) is 16.6 Å². The van der Waals surface area contributed by atoms with Crippen molar-refractivity contribution in [1.82, 2.24) is 5.32 Å². The van der Waals surface area contributed by atoms with Crippen molar-refractivity contribution in [2.75, 3.05) is 6.54 Å². The van der Waals surface area contributed by atoms with Gasteiger partial charge in [-0.05, 0) is 25.5 Å². The van der Waals surface area contributed by atoms with Crippen LogP contribution in [-0.4, -0.2) is 12.6 Å². The molecule has 2 rings (SSSR count). The molecule has 1 aromatic carbocycles. The SMILES string of the molecule is FC(c1ccccc1Cl)C1CCCN1. The van der Waals surface area contributed by atoms with E-state index in [1.807, 2.05) is 12.1 Å². The summed E-state index contributed by atoms with van der Waals surface area (Å²) in [5.41, 5.74) is 0.605. The molecule has 1 aromatic rings. The highest BCUT2D eigenvalue weighted by Gasteiger charge is 2.26. The van der Waals surface area contributed by atoms with Gasteiger partial charge in [0.25, 0.3) is 0 Å². The maximum atomic E-state index is 14.0. The van der Waals surface area contributed by atoms with Gasteiger partial charge in [-0.15, -0.1) is 0 Å². The Bertz CT molecular complexity index is 310. The van der Waals surface area contributed by atoms with E-state index >= 15 is 0 Å². The number of benzene rings is 1. The van der Waals surface area contributed by atoms with Crippen molar-refractivity contribution in [3.8, 4) is 0 Å². The zero-order chi connectivity index (χ0) is 9.97. The third-order valence-electron chi connectivity index (χ3n) is 2.65. The second-order valence-electron chi connectivity index (χ2n) is 3.63. The van der Waals surface area contributed by atoms with Crippen molar-refractivity contribution >= 4 is 11.6 Å². The minimum atomic E-state index is -0.980. The number of nitrogens with one attached hydrogen (secondary N) is 1. The summed E-state index contributed by atoms with van der Waals surface area (Å²) in [5.74, 6) is 0. The van der Waals surface area contributed by atoms with E-state index in [9.17, 15) is 4.39 Å². The molecule has 1 aliphatic rings. The van der Waals surface area contributed by atoms with Crippen LogP contribution >= 0.6 is 11.6 Å². The van der Waals surface area contributed by atoms with Crippen LogP contribution < -0.4 is 5.32 Å². The summed E-state index contributed by atoms with van der Waals surface area (Å²) in [4.78, 5) is 0. The molecule has 2 atom stereocenters. The van der Waals surface area contributed by atoms with Gasteiger partial charge >= 0.3 is 0 Å². The fourth-order valence-corrected chi connectivity index (χ4v) is 2.12. The van der Waals surface area contributed by atoms with Crippen LogP contribution in [0.1, 0.15) is 24.6 Å². The number of halogens is 2. The molecule has 2 unspecified atom stereocenters. The van der Waals surface area contributed by atoms with Gasteiger partial charge < -0.3 is 5.32 Å². The molecule has 1 N–H and O–H groups in total. The second-order valence-corrected chi connectivity index (χ2v) is 4.03. The van der Waals surface area contributed by atoms with Gasteiger partial charge in [0.05, 0.1) is 0 Å². The van der Waals surface area contributed by atoms with E-state index in [-0.39, 0.29) is 6.04 Å². The highest BCUT2D eigenvalue weighted by atomic mass is 35.5. The van der Waals surface area contributed by atoms with Crippen LogP contribution in [0.15, 0.2) is 24.3 Å². The fourth-order valence-electron chi connectivity index (χ4n) is 1.88. The summed E-state index contributed by atoms with van der Waals surface area (Å²) >= 11 is 5.93. The zero-order valence-electron chi connectivity index (χ0n) is 7.84. The lowest BCUT2D eigenvalue weighted by Crippen LogP contribution is -2.26. The first-order chi connectivity index (χ1) is 6.79. The van der Waals surface area contributed by atoms with Gasteiger partial charge in [0.1, 0.15) is 6.17 Å². The maximum Gasteiger partial charge on any atom is 0.142 e. The standard InChI is InChI=1S/C11H13ClFN/c12-9-5-2-1-4-8(9)11(13)10-6-3-7-14-10/h1-2,4-5,10-11,14H,3,6-7H2. The fraction of sp³-hybridized carbons (Fsp3) is 0.455. The van der Waals surface area contributed by atoms with Crippen LogP contribution in [0.5, 0.6) is 0 Å². The maximum absolute atomic E-state index is 14.0. The second kappa shape index (κ2) is 4.28. The normalized spacial score (nSPS) is 23.7. The number of hydrogen-bond donors (Lipinski definition) is 1. The molecular formula is C11H13ClFN. The minimum absolute atomic E-state index is 0.0603. The Morgan fingerprint density at radius 2 is 2.21 bits per heavy atom. The molecule has 1 aliphatic heterocycles. The predicted molar refractivity (Wildman–Crippen MR) is 56.3 cm³/mol. The molecule has 1 fully saturated rings. The van der Waals surface area contributed by atoms with Gasteiger partial charge in [-0.25, -0.2) is 4.39 Å². The van der Waals surface area contributed by atoms with E-state index in [1.54, 1.807) is 12.1 Å². The summed E-state index contributed by atoms with van der Waals surface area (Å²) in [6, 6.07) is 7.07. The molecule has 14 heavy (non-hydrogen) atoms. The minimum Gasteiger partial charge on any atom is -0.311 e. The van der Waals surface area contributed by atoms with Crippen LogP contribution in [-0.2, 0) is 0 Å². The first-order valence-corrected chi connectivity index (χ1v) is 5.29. The van der Waals surface area contributed by atoms with Gasteiger partial charge in [0.2, 0.25) is 0 Å². The highest BCUT2D eigenvalue weighted by molar-refractivity contribution is 6.31. The van der Waals surface area contributed by atoms with E-state index in [2.05, 4.69) is 5.32 Å². The molecule has 0 aliphatic carbocycles. The van der Waals surface area contributed by atoms with Crippen LogP contribution in [0.25, 0.3) is 0 Å². The highest BCUT2D eigenvalue weighted by Crippen LogP contribution is 2.31. The molecule has 0 aromatic heterocycles. The molecule has 0 spiro atoms. The quantitative estimate of drug-likeness (QED) is 0.796. The first-order valence-electron chi connectivity index (χ1n) is 4.91.